The Morgan fingerprint density at radius 3 is 1.67 bits per heavy atom. The van der Waals surface area contributed by atoms with Crippen molar-refractivity contribution in [1.82, 2.24) is 0 Å². The topological polar surface area (TPSA) is 71.4 Å². The van der Waals surface area contributed by atoms with Crippen molar-refractivity contribution in [2.75, 3.05) is 0 Å². The van der Waals surface area contributed by atoms with Crippen LogP contribution in [0.5, 0.6) is 0 Å². The fourth-order valence-electron chi connectivity index (χ4n) is 0.136. The summed E-state index contributed by atoms with van der Waals surface area (Å²) in [4.78, 5) is 28.4. The molecule has 0 fully saturated rings. The quantitative estimate of drug-likeness (QED) is 0.387. The fraction of sp³-hybridized carbons (Fsp3) is 0.375. The smallest absolute Gasteiger partial charge is 0.330 e. The Labute approximate surface area is 70.9 Å². The lowest BCUT2D eigenvalue weighted by molar-refractivity contribution is -0.132. The van der Waals surface area contributed by atoms with Gasteiger partial charge in [-0.3, -0.25) is 0 Å². The Morgan fingerprint density at radius 2 is 1.58 bits per heavy atom. The van der Waals surface area contributed by atoms with Gasteiger partial charge in [0.1, 0.15) is 12.6 Å². The van der Waals surface area contributed by atoms with Crippen LogP contribution in [0.3, 0.4) is 0 Å². The number of rotatable bonds is 4. The number of aldehydes is 2. The Hall–Kier alpha value is -1.45. The predicted octanol–water partition coefficient (Wildman–Crippen LogP) is 0.811. The Morgan fingerprint density at radius 1 is 1.33 bits per heavy atom. The number of carbonyl (C=O) groups excluding carboxylic acids is 2. The molecular formula is C8H12O4. The molecule has 0 spiro atoms. The molecule has 0 saturated carbocycles. The largest absolute Gasteiger partial charge is 0.478 e. The monoisotopic (exact) mass is 172 g/mol. The van der Waals surface area contributed by atoms with Crippen LogP contribution in [-0.2, 0) is 14.4 Å². The average Bonchev–Trinajstić information content (AvgIpc) is 2.02. The second-order valence-electron chi connectivity index (χ2n) is 2.00. The van der Waals surface area contributed by atoms with E-state index in [1.165, 1.54) is 6.92 Å². The van der Waals surface area contributed by atoms with Crippen LogP contribution in [0.4, 0.5) is 0 Å². The van der Waals surface area contributed by atoms with Crippen LogP contribution < -0.4 is 0 Å². The molecule has 1 N–H and O–H groups in total. The van der Waals surface area contributed by atoms with Gasteiger partial charge in [0.15, 0.2) is 0 Å². The summed E-state index contributed by atoms with van der Waals surface area (Å²) in [5.74, 6) is -0.935. The number of carbonyl (C=O) groups is 3. The lowest BCUT2D eigenvalue weighted by atomic mass is 10.4. The van der Waals surface area contributed by atoms with Crippen LogP contribution in [0.2, 0.25) is 0 Å². The van der Waals surface area contributed by atoms with E-state index in [0.717, 1.165) is 12.6 Å². The van der Waals surface area contributed by atoms with Crippen LogP contribution in [0.25, 0.3) is 0 Å². The Balaban J connectivity index is 0. The van der Waals surface area contributed by atoms with E-state index in [4.69, 9.17) is 5.11 Å². The van der Waals surface area contributed by atoms with E-state index >= 15 is 0 Å². The summed E-state index contributed by atoms with van der Waals surface area (Å²) in [6, 6.07) is 0. The van der Waals surface area contributed by atoms with Crippen LogP contribution in [0.15, 0.2) is 12.2 Å². The number of carboxylic acid groups (broad SMARTS) is 1. The summed E-state index contributed by atoms with van der Waals surface area (Å²) in [7, 11) is 0. The lowest BCUT2D eigenvalue weighted by Crippen LogP contribution is -1.92. The molecule has 0 bridgehead atoms. The van der Waals surface area contributed by atoms with Crippen molar-refractivity contribution in [3.8, 4) is 0 Å². The zero-order valence-electron chi connectivity index (χ0n) is 6.95. The second-order valence-corrected chi connectivity index (χ2v) is 2.00. The highest BCUT2D eigenvalue weighted by Gasteiger charge is 1.90. The molecule has 0 aromatic heterocycles. The van der Waals surface area contributed by atoms with E-state index in [9.17, 15) is 14.4 Å². The van der Waals surface area contributed by atoms with Crippen LogP contribution >= 0.6 is 0 Å². The number of hydrogen-bond donors (Lipinski definition) is 1. The highest BCUT2D eigenvalue weighted by atomic mass is 16.4. The van der Waals surface area contributed by atoms with E-state index < -0.39 is 5.97 Å². The molecular weight excluding hydrogens is 160 g/mol. The number of aliphatic carboxylic acids is 1. The Bertz CT molecular complexity index is 152. The van der Waals surface area contributed by atoms with Gasteiger partial charge in [0.05, 0.1) is 0 Å². The SMILES string of the molecule is C=C(C)C(=O)O.O=CCCC=O. The minimum atomic E-state index is -0.935. The first kappa shape index (κ1) is 13.2. The maximum Gasteiger partial charge on any atom is 0.330 e. The summed E-state index contributed by atoms with van der Waals surface area (Å²) in [6.45, 7) is 4.60. The van der Waals surface area contributed by atoms with Gasteiger partial charge in [-0.25, -0.2) is 4.79 Å². The molecule has 0 aliphatic carbocycles. The van der Waals surface area contributed by atoms with Crippen molar-refractivity contribution in [1.29, 1.82) is 0 Å². The van der Waals surface area contributed by atoms with Gasteiger partial charge in [-0.05, 0) is 6.92 Å². The highest BCUT2D eigenvalue weighted by molar-refractivity contribution is 5.84. The number of hydrogen-bond acceptors (Lipinski definition) is 3. The number of unbranched alkanes of at least 4 members (excludes halogenated alkanes) is 1. The van der Waals surface area contributed by atoms with E-state index in [0.29, 0.717) is 12.8 Å². The molecule has 12 heavy (non-hydrogen) atoms. The van der Waals surface area contributed by atoms with Crippen molar-refractivity contribution in [3.63, 3.8) is 0 Å². The number of carboxylic acids is 1. The second kappa shape index (κ2) is 9.55. The summed E-state index contributed by atoms with van der Waals surface area (Å²) in [5.41, 5.74) is 0.176. The molecule has 4 nitrogen and oxygen atoms in total. The van der Waals surface area contributed by atoms with Crippen molar-refractivity contribution in [3.05, 3.63) is 12.2 Å². The minimum absolute atomic E-state index is 0.176. The molecule has 4 heteroatoms. The Kier molecular flexibility index (Phi) is 10.5. The van der Waals surface area contributed by atoms with E-state index in [-0.39, 0.29) is 5.57 Å². The van der Waals surface area contributed by atoms with Gasteiger partial charge in [-0.1, -0.05) is 6.58 Å². The third kappa shape index (κ3) is 15.8. The first-order valence-electron chi connectivity index (χ1n) is 3.32. The molecule has 0 amide bonds. The van der Waals surface area contributed by atoms with Crippen LogP contribution in [0.1, 0.15) is 19.8 Å². The molecule has 0 aromatic carbocycles. The summed E-state index contributed by atoms with van der Waals surface area (Å²) in [6.07, 6.45) is 2.19. The van der Waals surface area contributed by atoms with Crippen molar-refractivity contribution >= 4 is 18.5 Å². The highest BCUT2D eigenvalue weighted by Crippen LogP contribution is 1.81. The van der Waals surface area contributed by atoms with Gasteiger partial charge in [0.2, 0.25) is 0 Å². The van der Waals surface area contributed by atoms with Crippen molar-refractivity contribution < 1.29 is 19.5 Å². The van der Waals surface area contributed by atoms with Gasteiger partial charge in [0.25, 0.3) is 0 Å². The first-order valence-corrected chi connectivity index (χ1v) is 3.32. The lowest BCUT2D eigenvalue weighted by Gasteiger charge is -1.79. The van der Waals surface area contributed by atoms with E-state index in [1.807, 2.05) is 0 Å². The molecule has 0 atom stereocenters. The molecule has 0 heterocycles. The first-order chi connectivity index (χ1) is 5.56. The molecule has 0 unspecified atom stereocenters. The van der Waals surface area contributed by atoms with Crippen LogP contribution in [-0.4, -0.2) is 23.6 Å². The molecule has 0 radical (unpaired) electrons. The van der Waals surface area contributed by atoms with Crippen molar-refractivity contribution in [2.24, 2.45) is 0 Å². The zero-order valence-corrected chi connectivity index (χ0v) is 6.95. The maximum atomic E-state index is 9.60. The molecule has 0 rings (SSSR count). The molecule has 0 aliphatic rings. The molecule has 68 valence electrons. The normalized spacial score (nSPS) is 7.42. The molecule has 0 aromatic rings. The summed E-state index contributed by atoms with van der Waals surface area (Å²) >= 11 is 0. The van der Waals surface area contributed by atoms with Gasteiger partial charge < -0.3 is 14.7 Å². The zero-order chi connectivity index (χ0) is 9.98. The van der Waals surface area contributed by atoms with Crippen molar-refractivity contribution in [2.45, 2.75) is 19.8 Å². The van der Waals surface area contributed by atoms with Gasteiger partial charge in [-0.15, -0.1) is 0 Å². The molecule has 0 aliphatic heterocycles. The van der Waals surface area contributed by atoms with Crippen LogP contribution in [0, 0.1) is 0 Å². The summed E-state index contributed by atoms with van der Waals surface area (Å²) < 4.78 is 0. The molecule has 0 saturated heterocycles. The predicted molar refractivity (Wildman–Crippen MR) is 43.8 cm³/mol. The third-order valence-electron chi connectivity index (χ3n) is 0.767. The maximum absolute atomic E-state index is 9.60. The standard InChI is InChI=1S/2C4H6O2/c1-3(2)4(5)6;5-3-1-2-4-6/h1H2,2H3,(H,5,6);3-4H,1-2H2. The minimum Gasteiger partial charge on any atom is -0.478 e. The third-order valence-corrected chi connectivity index (χ3v) is 0.767. The van der Waals surface area contributed by atoms with Gasteiger partial charge >= 0.3 is 5.97 Å². The van der Waals surface area contributed by atoms with E-state index in [1.54, 1.807) is 0 Å². The fourth-order valence-corrected chi connectivity index (χ4v) is 0.136. The average molecular weight is 172 g/mol. The van der Waals surface area contributed by atoms with Gasteiger partial charge in [0, 0.05) is 18.4 Å². The van der Waals surface area contributed by atoms with Gasteiger partial charge in [-0.2, -0.15) is 0 Å². The summed E-state index contributed by atoms with van der Waals surface area (Å²) in [5, 5.41) is 7.89. The van der Waals surface area contributed by atoms with E-state index in [2.05, 4.69) is 6.58 Å².